The Hall–Kier alpha value is -0.430. The lowest BCUT2D eigenvalue weighted by Gasteiger charge is -2.29. The Balaban J connectivity index is 2.24. The van der Waals surface area contributed by atoms with E-state index in [1.54, 1.807) is 19.2 Å². The summed E-state index contributed by atoms with van der Waals surface area (Å²) in [7, 11) is 0.0946. The number of sulfonamides is 1. The van der Waals surface area contributed by atoms with Crippen molar-refractivity contribution in [1.29, 1.82) is 0 Å². The minimum Gasteiger partial charge on any atom is -0.316 e. The molecule has 1 aliphatic rings. The lowest BCUT2D eigenvalue weighted by molar-refractivity contribution is 0.263. The van der Waals surface area contributed by atoms with Gasteiger partial charge in [-0.15, -0.1) is 0 Å². The van der Waals surface area contributed by atoms with Crippen LogP contribution in [0.2, 0.25) is 0 Å². The topological polar surface area (TPSA) is 49.4 Å². The molecule has 1 aromatic rings. The van der Waals surface area contributed by atoms with Crippen LogP contribution in [0.5, 0.6) is 0 Å². The average Bonchev–Trinajstić information content (AvgIpc) is 2.36. The van der Waals surface area contributed by atoms with Crippen LogP contribution in [0.1, 0.15) is 24.8 Å². The lowest BCUT2D eigenvalue weighted by atomic mass is 9.86. The molecule has 1 aliphatic carbocycles. The van der Waals surface area contributed by atoms with Gasteiger partial charge in [0.05, 0.1) is 4.90 Å². The first-order chi connectivity index (χ1) is 9.45. The van der Waals surface area contributed by atoms with E-state index in [2.05, 4.69) is 21.2 Å². The van der Waals surface area contributed by atoms with Gasteiger partial charge in [-0.25, -0.2) is 12.7 Å². The van der Waals surface area contributed by atoms with Crippen molar-refractivity contribution in [2.75, 3.05) is 20.6 Å². The molecule has 0 saturated heterocycles. The summed E-state index contributed by atoms with van der Waals surface area (Å²) in [6.07, 6.45) is 3.50. The van der Waals surface area contributed by atoms with Gasteiger partial charge in [-0.3, -0.25) is 0 Å². The first-order valence-corrected chi connectivity index (χ1v) is 9.08. The van der Waals surface area contributed by atoms with E-state index in [0.29, 0.717) is 28.4 Å². The van der Waals surface area contributed by atoms with Crippen molar-refractivity contribution in [3.63, 3.8) is 0 Å². The van der Waals surface area contributed by atoms with E-state index >= 15 is 0 Å². The Morgan fingerprint density at radius 1 is 1.40 bits per heavy atom. The molecule has 0 radical (unpaired) electrons. The summed E-state index contributed by atoms with van der Waals surface area (Å²) >= 11 is 3.36. The highest BCUT2D eigenvalue weighted by Gasteiger charge is 2.28. The molecule has 20 heavy (non-hydrogen) atoms. The number of nitrogens with zero attached hydrogens (tertiary/aromatic N) is 1. The van der Waals surface area contributed by atoms with E-state index in [0.717, 1.165) is 18.4 Å². The Labute approximate surface area is 129 Å². The van der Waals surface area contributed by atoms with Gasteiger partial charge < -0.3 is 5.32 Å². The third kappa shape index (κ3) is 3.42. The standard InChI is InChI=1S/C14H21BrN2O2S/c1-16-9-12-6-7-13(15)14(8-12)20(18,19)17(2)10-11-4-3-5-11/h6-8,11,16H,3-5,9-10H2,1-2H3. The molecule has 2 rings (SSSR count). The number of halogens is 1. The molecule has 0 amide bonds. The molecule has 6 heteroatoms. The van der Waals surface area contributed by atoms with Crippen molar-refractivity contribution in [3.05, 3.63) is 28.2 Å². The zero-order valence-corrected chi connectivity index (χ0v) is 14.3. The fourth-order valence-electron chi connectivity index (χ4n) is 2.36. The van der Waals surface area contributed by atoms with Gasteiger partial charge in [-0.05, 0) is 59.4 Å². The lowest BCUT2D eigenvalue weighted by Crippen LogP contribution is -2.34. The second-order valence-corrected chi connectivity index (χ2v) is 8.25. The highest BCUT2D eigenvalue weighted by atomic mass is 79.9. The Bertz CT molecular complexity index is 571. The van der Waals surface area contributed by atoms with Crippen molar-refractivity contribution < 1.29 is 8.42 Å². The second-order valence-electron chi connectivity index (χ2n) is 5.38. The molecule has 1 fully saturated rings. The molecule has 4 nitrogen and oxygen atoms in total. The van der Waals surface area contributed by atoms with Gasteiger partial charge in [0.15, 0.2) is 0 Å². The van der Waals surface area contributed by atoms with Gasteiger partial charge in [-0.1, -0.05) is 12.5 Å². The van der Waals surface area contributed by atoms with Crippen molar-refractivity contribution in [1.82, 2.24) is 9.62 Å². The summed E-state index contributed by atoms with van der Waals surface area (Å²) in [5, 5.41) is 3.04. The van der Waals surface area contributed by atoms with Crippen molar-refractivity contribution in [2.24, 2.45) is 5.92 Å². The summed E-state index contributed by atoms with van der Waals surface area (Å²) in [4.78, 5) is 0.354. The monoisotopic (exact) mass is 360 g/mol. The van der Waals surface area contributed by atoms with Crippen LogP contribution in [0.3, 0.4) is 0 Å². The van der Waals surface area contributed by atoms with Gasteiger partial charge in [0.2, 0.25) is 10.0 Å². The van der Waals surface area contributed by atoms with Gasteiger partial charge >= 0.3 is 0 Å². The molecule has 0 atom stereocenters. The number of hydrogen-bond donors (Lipinski definition) is 1. The van der Waals surface area contributed by atoms with E-state index in [1.807, 2.05) is 13.1 Å². The predicted molar refractivity (Wildman–Crippen MR) is 84.1 cm³/mol. The highest BCUT2D eigenvalue weighted by molar-refractivity contribution is 9.10. The van der Waals surface area contributed by atoms with Crippen LogP contribution < -0.4 is 5.32 Å². The van der Waals surface area contributed by atoms with E-state index < -0.39 is 10.0 Å². The van der Waals surface area contributed by atoms with E-state index in [4.69, 9.17) is 0 Å². The highest BCUT2D eigenvalue weighted by Crippen LogP contribution is 2.30. The first kappa shape index (κ1) is 15.9. The van der Waals surface area contributed by atoms with Crippen molar-refractivity contribution >= 4 is 26.0 Å². The van der Waals surface area contributed by atoms with E-state index in [1.165, 1.54) is 10.7 Å². The number of benzene rings is 1. The van der Waals surface area contributed by atoms with Crippen molar-refractivity contribution in [3.8, 4) is 0 Å². The smallest absolute Gasteiger partial charge is 0.243 e. The zero-order valence-electron chi connectivity index (χ0n) is 11.9. The van der Waals surface area contributed by atoms with Crippen LogP contribution in [0, 0.1) is 5.92 Å². The first-order valence-electron chi connectivity index (χ1n) is 6.84. The van der Waals surface area contributed by atoms with Gasteiger partial charge in [-0.2, -0.15) is 0 Å². The summed E-state index contributed by atoms with van der Waals surface area (Å²) < 4.78 is 27.4. The molecule has 1 aromatic carbocycles. The molecular formula is C14H21BrN2O2S. The quantitative estimate of drug-likeness (QED) is 0.847. The third-order valence-electron chi connectivity index (χ3n) is 3.80. The molecule has 0 aromatic heterocycles. The number of rotatable bonds is 6. The minimum atomic E-state index is -3.42. The summed E-state index contributed by atoms with van der Waals surface area (Å²) in [6.45, 7) is 1.27. The normalized spacial score (nSPS) is 16.4. The number of nitrogens with one attached hydrogen (secondary N) is 1. The SMILES string of the molecule is CNCc1ccc(Br)c(S(=O)(=O)N(C)CC2CCC2)c1. The van der Waals surface area contributed by atoms with Crippen LogP contribution >= 0.6 is 15.9 Å². The fraction of sp³-hybridized carbons (Fsp3) is 0.571. The molecule has 0 aliphatic heterocycles. The van der Waals surface area contributed by atoms with Gasteiger partial charge in [0.25, 0.3) is 0 Å². The maximum absolute atomic E-state index is 12.7. The maximum Gasteiger partial charge on any atom is 0.243 e. The van der Waals surface area contributed by atoms with Crippen LogP contribution in [-0.4, -0.2) is 33.4 Å². The summed E-state index contributed by atoms with van der Waals surface area (Å²) in [5.74, 6) is 0.522. The predicted octanol–water partition coefficient (Wildman–Crippen LogP) is 2.59. The molecule has 0 spiro atoms. The van der Waals surface area contributed by atoms with Crippen LogP contribution in [0.25, 0.3) is 0 Å². The Kier molecular flexibility index (Phi) is 5.23. The molecule has 0 bridgehead atoms. The van der Waals surface area contributed by atoms with Gasteiger partial charge in [0, 0.05) is 24.6 Å². The van der Waals surface area contributed by atoms with E-state index in [-0.39, 0.29) is 0 Å². The molecular weight excluding hydrogens is 340 g/mol. The molecule has 112 valence electrons. The molecule has 1 saturated carbocycles. The van der Waals surface area contributed by atoms with Crippen LogP contribution in [0.4, 0.5) is 0 Å². The summed E-state index contributed by atoms with van der Waals surface area (Å²) in [6, 6.07) is 5.47. The fourth-order valence-corrected chi connectivity index (χ4v) is 4.58. The summed E-state index contributed by atoms with van der Waals surface area (Å²) in [5.41, 5.74) is 0.964. The minimum absolute atomic E-state index is 0.354. The maximum atomic E-state index is 12.7. The second kappa shape index (κ2) is 6.56. The van der Waals surface area contributed by atoms with E-state index in [9.17, 15) is 8.42 Å². The zero-order chi connectivity index (χ0) is 14.8. The number of hydrogen-bond acceptors (Lipinski definition) is 3. The Morgan fingerprint density at radius 2 is 2.10 bits per heavy atom. The third-order valence-corrected chi connectivity index (χ3v) is 6.62. The van der Waals surface area contributed by atoms with Crippen LogP contribution in [-0.2, 0) is 16.6 Å². The molecule has 0 heterocycles. The molecule has 0 unspecified atom stereocenters. The van der Waals surface area contributed by atoms with Gasteiger partial charge in [0.1, 0.15) is 0 Å². The average molecular weight is 361 g/mol. The molecule has 1 N–H and O–H groups in total. The van der Waals surface area contributed by atoms with Crippen molar-refractivity contribution in [2.45, 2.75) is 30.7 Å². The van der Waals surface area contributed by atoms with Crippen LogP contribution in [0.15, 0.2) is 27.6 Å². The largest absolute Gasteiger partial charge is 0.316 e. The Morgan fingerprint density at radius 3 is 2.65 bits per heavy atom.